The van der Waals surface area contributed by atoms with Gasteiger partial charge in [0.15, 0.2) is 0 Å². The zero-order chi connectivity index (χ0) is 23.9. The minimum atomic E-state index is -5.08. The Kier molecular flexibility index (Phi) is 8.25. The van der Waals surface area contributed by atoms with Crippen LogP contribution in [0.25, 0.3) is 0 Å². The quantitative estimate of drug-likeness (QED) is 0.442. The number of nitrogens with one attached hydrogen (secondary N) is 3. The van der Waals surface area contributed by atoms with Crippen LogP contribution in [0.1, 0.15) is 30.6 Å². The summed E-state index contributed by atoms with van der Waals surface area (Å²) in [6, 6.07) is 6.82. The Morgan fingerprint density at radius 2 is 1.69 bits per heavy atom. The minimum absolute atomic E-state index is 0.0304. The second-order valence-electron chi connectivity index (χ2n) is 7.69. The van der Waals surface area contributed by atoms with Gasteiger partial charge in [-0.1, -0.05) is 24.3 Å². The second-order valence-corrected chi connectivity index (χ2v) is 7.69. The Labute approximate surface area is 183 Å². The topological polar surface area (TPSA) is 117 Å². The first kappa shape index (κ1) is 25.2. The molecule has 1 aromatic rings. The van der Waals surface area contributed by atoms with E-state index in [1.54, 1.807) is 12.1 Å². The summed E-state index contributed by atoms with van der Waals surface area (Å²) >= 11 is 0. The SMILES string of the molecule is C[C@H]1NC(=O)c2ccccc2OC/C=C/CC2(CNC2)C(=O)N[C@@H]1C.O=C(O)C(F)(F)F. The Morgan fingerprint density at radius 1 is 1.09 bits per heavy atom. The molecule has 176 valence electrons. The van der Waals surface area contributed by atoms with Crippen molar-refractivity contribution >= 4 is 17.8 Å². The van der Waals surface area contributed by atoms with E-state index in [1.165, 1.54) is 0 Å². The van der Waals surface area contributed by atoms with Gasteiger partial charge in [0.25, 0.3) is 5.91 Å². The summed E-state index contributed by atoms with van der Waals surface area (Å²) in [5, 5.41) is 16.3. The van der Waals surface area contributed by atoms with Gasteiger partial charge in [0, 0.05) is 25.2 Å². The molecule has 0 bridgehead atoms. The number of carbonyl (C=O) groups is 3. The first-order valence-electron chi connectivity index (χ1n) is 9.96. The lowest BCUT2D eigenvalue weighted by Gasteiger charge is -2.41. The van der Waals surface area contributed by atoms with Crippen molar-refractivity contribution in [2.75, 3.05) is 19.7 Å². The van der Waals surface area contributed by atoms with Crippen LogP contribution in [0.15, 0.2) is 36.4 Å². The van der Waals surface area contributed by atoms with Crippen LogP contribution in [-0.4, -0.2) is 60.8 Å². The standard InChI is InChI=1S/C19H25N3O3.C2HF3O2/c1-13-14(2)22-18(24)19(11-20-12-19)9-5-6-10-25-16-8-4-3-7-15(16)17(23)21-13;3-2(4,5)1(6)7/h3-8,13-14,20H,9-12H2,1-2H3,(H,21,23)(H,22,24);(H,6,7)/b6-5+;/t13-,14-;/m1./s1. The maximum atomic E-state index is 12.7. The third-order valence-corrected chi connectivity index (χ3v) is 5.26. The molecule has 0 radical (unpaired) electrons. The molecule has 2 aliphatic heterocycles. The van der Waals surface area contributed by atoms with Gasteiger partial charge in [-0.25, -0.2) is 4.79 Å². The molecule has 2 heterocycles. The number of hydrogen-bond donors (Lipinski definition) is 4. The molecule has 11 heteroatoms. The van der Waals surface area contributed by atoms with Crippen LogP contribution < -0.4 is 20.7 Å². The summed E-state index contributed by atoms with van der Waals surface area (Å²) in [5.74, 6) is -2.37. The Morgan fingerprint density at radius 3 is 2.25 bits per heavy atom. The highest BCUT2D eigenvalue weighted by Gasteiger charge is 2.43. The molecular formula is C21H26F3N3O5. The van der Waals surface area contributed by atoms with Crippen molar-refractivity contribution in [1.29, 1.82) is 0 Å². The fourth-order valence-corrected chi connectivity index (χ4v) is 3.01. The van der Waals surface area contributed by atoms with Crippen molar-refractivity contribution in [2.24, 2.45) is 5.41 Å². The van der Waals surface area contributed by atoms with Gasteiger partial charge in [-0.15, -0.1) is 0 Å². The number of allylic oxidation sites excluding steroid dienone is 1. The number of hydrogen-bond acceptors (Lipinski definition) is 5. The van der Waals surface area contributed by atoms with Crippen LogP contribution in [0.4, 0.5) is 13.2 Å². The lowest BCUT2D eigenvalue weighted by molar-refractivity contribution is -0.192. The van der Waals surface area contributed by atoms with E-state index in [9.17, 15) is 22.8 Å². The number of alkyl halides is 3. The summed E-state index contributed by atoms with van der Waals surface area (Å²) < 4.78 is 37.5. The molecule has 0 aromatic heterocycles. The van der Waals surface area contributed by atoms with Crippen LogP contribution in [0.5, 0.6) is 5.75 Å². The molecule has 3 rings (SSSR count). The van der Waals surface area contributed by atoms with Crippen molar-refractivity contribution in [3.8, 4) is 5.75 Å². The molecule has 2 aliphatic rings. The number of amides is 2. The normalized spacial score (nSPS) is 24.2. The first-order valence-corrected chi connectivity index (χ1v) is 9.96. The lowest BCUT2D eigenvalue weighted by atomic mass is 9.77. The van der Waals surface area contributed by atoms with Gasteiger partial charge in [0.2, 0.25) is 5.91 Å². The van der Waals surface area contributed by atoms with E-state index in [-0.39, 0.29) is 23.9 Å². The number of benzene rings is 1. The molecular weight excluding hydrogens is 431 g/mol. The van der Waals surface area contributed by atoms with E-state index in [2.05, 4.69) is 16.0 Å². The molecule has 2 amide bonds. The molecule has 32 heavy (non-hydrogen) atoms. The summed E-state index contributed by atoms with van der Waals surface area (Å²) in [6.07, 6.45) is -0.521. The summed E-state index contributed by atoms with van der Waals surface area (Å²) in [4.78, 5) is 34.2. The second kappa shape index (κ2) is 10.5. The number of aliphatic carboxylic acids is 1. The highest BCUT2D eigenvalue weighted by atomic mass is 19.4. The summed E-state index contributed by atoms with van der Waals surface area (Å²) in [5.41, 5.74) is 0.0919. The van der Waals surface area contributed by atoms with Crippen molar-refractivity contribution in [3.63, 3.8) is 0 Å². The number of carboxylic acids is 1. The molecule has 1 aromatic carbocycles. The van der Waals surface area contributed by atoms with Crippen molar-refractivity contribution in [3.05, 3.63) is 42.0 Å². The van der Waals surface area contributed by atoms with Gasteiger partial charge >= 0.3 is 12.1 Å². The van der Waals surface area contributed by atoms with Crippen LogP contribution in [0.3, 0.4) is 0 Å². The fourth-order valence-electron chi connectivity index (χ4n) is 3.01. The Balaban J connectivity index is 0.000000451. The third kappa shape index (κ3) is 6.46. The molecule has 1 saturated heterocycles. The van der Waals surface area contributed by atoms with Crippen molar-refractivity contribution in [2.45, 2.75) is 38.5 Å². The molecule has 1 spiro atoms. The predicted octanol–water partition coefficient (Wildman–Crippen LogP) is 1.87. The largest absolute Gasteiger partial charge is 0.490 e. The number of rotatable bonds is 0. The van der Waals surface area contributed by atoms with E-state index in [0.29, 0.717) is 37.4 Å². The van der Waals surface area contributed by atoms with Gasteiger partial charge in [-0.2, -0.15) is 13.2 Å². The van der Waals surface area contributed by atoms with Gasteiger partial charge in [-0.3, -0.25) is 9.59 Å². The highest BCUT2D eigenvalue weighted by molar-refractivity contribution is 5.97. The van der Waals surface area contributed by atoms with E-state index in [4.69, 9.17) is 14.6 Å². The number of ether oxygens (including phenoxy) is 1. The average molecular weight is 457 g/mol. The first-order chi connectivity index (χ1) is 15.0. The Hall–Kier alpha value is -3.08. The maximum absolute atomic E-state index is 12.7. The monoisotopic (exact) mass is 457 g/mol. The van der Waals surface area contributed by atoms with E-state index < -0.39 is 17.6 Å². The number of para-hydroxylation sites is 1. The molecule has 0 saturated carbocycles. The minimum Gasteiger partial charge on any atom is -0.489 e. The average Bonchev–Trinajstić information content (AvgIpc) is 2.68. The number of halogens is 3. The maximum Gasteiger partial charge on any atom is 0.490 e. The van der Waals surface area contributed by atoms with E-state index >= 15 is 0 Å². The summed E-state index contributed by atoms with van der Waals surface area (Å²) in [7, 11) is 0. The van der Waals surface area contributed by atoms with Crippen LogP contribution in [-0.2, 0) is 9.59 Å². The molecule has 0 aliphatic carbocycles. The zero-order valence-electron chi connectivity index (χ0n) is 17.7. The molecule has 8 nitrogen and oxygen atoms in total. The summed E-state index contributed by atoms with van der Waals surface area (Å²) in [6.45, 7) is 5.50. The smallest absolute Gasteiger partial charge is 0.489 e. The zero-order valence-corrected chi connectivity index (χ0v) is 17.7. The van der Waals surface area contributed by atoms with E-state index in [0.717, 1.165) is 0 Å². The van der Waals surface area contributed by atoms with E-state index in [1.807, 2.05) is 38.1 Å². The van der Waals surface area contributed by atoms with Gasteiger partial charge in [-0.05, 0) is 32.4 Å². The van der Waals surface area contributed by atoms with Crippen LogP contribution in [0.2, 0.25) is 0 Å². The third-order valence-electron chi connectivity index (χ3n) is 5.26. The highest BCUT2D eigenvalue weighted by Crippen LogP contribution is 2.28. The van der Waals surface area contributed by atoms with Crippen LogP contribution >= 0.6 is 0 Å². The fraction of sp³-hybridized carbons (Fsp3) is 0.476. The predicted molar refractivity (Wildman–Crippen MR) is 109 cm³/mol. The Bertz CT molecular complexity index is 868. The number of fused-ring (bicyclic) bond motifs is 1. The molecule has 4 N–H and O–H groups in total. The molecule has 1 fully saturated rings. The van der Waals surface area contributed by atoms with Crippen molar-refractivity contribution in [1.82, 2.24) is 16.0 Å². The van der Waals surface area contributed by atoms with Crippen molar-refractivity contribution < 1.29 is 37.4 Å². The van der Waals surface area contributed by atoms with Gasteiger partial charge < -0.3 is 25.8 Å². The molecule has 0 unspecified atom stereocenters. The van der Waals surface area contributed by atoms with Crippen LogP contribution in [0, 0.1) is 5.41 Å². The van der Waals surface area contributed by atoms with Gasteiger partial charge in [0.1, 0.15) is 12.4 Å². The number of carbonyl (C=O) groups excluding carboxylic acids is 2. The lowest BCUT2D eigenvalue weighted by Crippen LogP contribution is -2.63. The number of carboxylic acid groups (broad SMARTS) is 1. The van der Waals surface area contributed by atoms with Gasteiger partial charge in [0.05, 0.1) is 11.0 Å². The molecule has 2 atom stereocenters.